The summed E-state index contributed by atoms with van der Waals surface area (Å²) >= 11 is 0. The van der Waals surface area contributed by atoms with Crippen LogP contribution in [0.25, 0.3) is 0 Å². The highest BCUT2D eigenvalue weighted by Crippen LogP contribution is 2.40. The van der Waals surface area contributed by atoms with Crippen molar-refractivity contribution in [2.24, 2.45) is 5.41 Å². The van der Waals surface area contributed by atoms with E-state index >= 15 is 0 Å². The average molecular weight is 455 g/mol. The lowest BCUT2D eigenvalue weighted by molar-refractivity contribution is -0.226. The summed E-state index contributed by atoms with van der Waals surface area (Å²) in [5.41, 5.74) is 1.87. The second-order valence-electron chi connectivity index (χ2n) is 10.2. The van der Waals surface area contributed by atoms with E-state index in [1.165, 1.54) is 43.9 Å². The zero-order valence-corrected chi connectivity index (χ0v) is 19.1. The fourth-order valence-electron chi connectivity index (χ4n) is 5.26. The van der Waals surface area contributed by atoms with Gasteiger partial charge in [-0.25, -0.2) is 4.39 Å². The summed E-state index contributed by atoms with van der Waals surface area (Å²) < 4.78 is 25.8. The van der Waals surface area contributed by atoms with Crippen molar-refractivity contribution in [1.29, 1.82) is 0 Å². The number of hydrogen-bond acceptors (Lipinski definition) is 5. The van der Waals surface area contributed by atoms with E-state index < -0.39 is 23.8 Å². The molecule has 3 saturated heterocycles. The van der Waals surface area contributed by atoms with Gasteiger partial charge in [0.15, 0.2) is 17.9 Å². The van der Waals surface area contributed by atoms with Gasteiger partial charge in [0.05, 0.1) is 18.8 Å². The molecule has 0 unspecified atom stereocenters. The first-order valence-corrected chi connectivity index (χ1v) is 11.8. The number of anilines is 2. The molecule has 2 aromatic carbocycles. The molecule has 2 bridgehead atoms. The van der Waals surface area contributed by atoms with E-state index in [4.69, 9.17) is 9.47 Å². The number of piperidine rings is 1. The second kappa shape index (κ2) is 8.61. The minimum absolute atomic E-state index is 0.0930. The molecule has 0 radical (unpaired) electrons. The van der Waals surface area contributed by atoms with Crippen LogP contribution in [0.15, 0.2) is 36.4 Å². The number of rotatable bonds is 4. The molecule has 3 aliphatic heterocycles. The van der Waals surface area contributed by atoms with Gasteiger partial charge in [-0.15, -0.1) is 0 Å². The zero-order chi connectivity index (χ0) is 23.2. The van der Waals surface area contributed by atoms with E-state index in [-0.39, 0.29) is 16.5 Å². The maximum atomic E-state index is 14.4. The Kier molecular flexibility index (Phi) is 5.79. The van der Waals surface area contributed by atoms with Crippen molar-refractivity contribution in [3.63, 3.8) is 0 Å². The normalized spacial score (nSPS) is 24.6. The Labute approximate surface area is 193 Å². The number of nitrogens with zero attached hydrogens (tertiary/aromatic N) is 1. The minimum Gasteiger partial charge on any atom is -0.504 e. The third kappa shape index (κ3) is 4.44. The molecule has 3 fully saturated rings. The number of phenolic OH excluding ortho intramolecular Hbond substituents is 1. The smallest absolute Gasteiger partial charge is 0.255 e. The van der Waals surface area contributed by atoms with Crippen LogP contribution in [-0.4, -0.2) is 36.3 Å². The van der Waals surface area contributed by atoms with Crippen LogP contribution in [0, 0.1) is 11.2 Å². The SMILES string of the molecule is CC1(C)COC(c2cc(C(=O)Nc3ccc(N4[C@@H]5CCC[C@H]4CC5)cc3)cc(F)c2O)OC1. The number of carbonyl (C=O) groups is 1. The van der Waals surface area contributed by atoms with Crippen LogP contribution in [-0.2, 0) is 9.47 Å². The number of nitrogens with one attached hydrogen (secondary N) is 1. The largest absolute Gasteiger partial charge is 0.504 e. The first-order valence-electron chi connectivity index (χ1n) is 11.8. The predicted molar refractivity (Wildman–Crippen MR) is 124 cm³/mol. The van der Waals surface area contributed by atoms with E-state index in [1.807, 2.05) is 38.1 Å². The third-order valence-electron chi connectivity index (χ3n) is 6.98. The highest BCUT2D eigenvalue weighted by atomic mass is 19.1. The molecule has 2 aromatic rings. The zero-order valence-electron chi connectivity index (χ0n) is 19.1. The standard InChI is InChI=1S/C26H31FN2O4/c1-26(2)14-32-25(33-15-26)21-12-16(13-22(27)23(21)30)24(31)28-17-6-8-20(9-7-17)29-18-4-3-5-19(29)11-10-18/h6-9,12-13,18-19,25,30H,3-5,10-11,14-15H2,1-2H3,(H,28,31)/t18-,19+. The van der Waals surface area contributed by atoms with E-state index in [0.29, 0.717) is 31.0 Å². The molecule has 3 heterocycles. The van der Waals surface area contributed by atoms with Gasteiger partial charge in [0.2, 0.25) is 0 Å². The second-order valence-corrected chi connectivity index (χ2v) is 10.2. The molecule has 7 heteroatoms. The number of carbonyl (C=O) groups excluding carboxylic acids is 1. The minimum atomic E-state index is -0.917. The van der Waals surface area contributed by atoms with Crippen molar-refractivity contribution < 1.29 is 23.8 Å². The van der Waals surface area contributed by atoms with Gasteiger partial charge in [0, 0.05) is 34.4 Å². The molecule has 0 aliphatic carbocycles. The summed E-state index contributed by atoms with van der Waals surface area (Å²) in [6.07, 6.45) is 5.39. The first kappa shape index (κ1) is 22.2. The van der Waals surface area contributed by atoms with Gasteiger partial charge in [-0.2, -0.15) is 0 Å². The Hall–Kier alpha value is -2.64. The van der Waals surface area contributed by atoms with Crippen molar-refractivity contribution in [2.45, 2.75) is 64.3 Å². The fraction of sp³-hybridized carbons (Fsp3) is 0.500. The van der Waals surface area contributed by atoms with Crippen molar-refractivity contribution in [3.8, 4) is 5.75 Å². The quantitative estimate of drug-likeness (QED) is 0.649. The van der Waals surface area contributed by atoms with Crippen LogP contribution in [0.2, 0.25) is 0 Å². The van der Waals surface area contributed by atoms with E-state index in [9.17, 15) is 14.3 Å². The number of fused-ring (bicyclic) bond motifs is 2. The van der Waals surface area contributed by atoms with Gasteiger partial charge in [0.25, 0.3) is 5.91 Å². The van der Waals surface area contributed by atoms with Crippen LogP contribution in [0.4, 0.5) is 15.8 Å². The van der Waals surface area contributed by atoms with Crippen LogP contribution < -0.4 is 10.2 Å². The topological polar surface area (TPSA) is 71.0 Å². The molecule has 2 atom stereocenters. The number of amides is 1. The Morgan fingerprint density at radius 1 is 1.06 bits per heavy atom. The maximum Gasteiger partial charge on any atom is 0.255 e. The summed E-state index contributed by atoms with van der Waals surface area (Å²) in [5.74, 6) is -1.90. The molecule has 3 aliphatic rings. The Morgan fingerprint density at radius 3 is 2.33 bits per heavy atom. The molecule has 0 spiro atoms. The number of halogens is 1. The highest BCUT2D eigenvalue weighted by molar-refractivity contribution is 6.04. The van der Waals surface area contributed by atoms with Crippen molar-refractivity contribution >= 4 is 17.3 Å². The van der Waals surface area contributed by atoms with Crippen LogP contribution in [0.5, 0.6) is 5.75 Å². The van der Waals surface area contributed by atoms with E-state index in [2.05, 4.69) is 10.2 Å². The van der Waals surface area contributed by atoms with Gasteiger partial charge in [-0.05, 0) is 68.5 Å². The molecular weight excluding hydrogens is 423 g/mol. The molecule has 5 rings (SSSR count). The monoisotopic (exact) mass is 454 g/mol. The molecule has 6 nitrogen and oxygen atoms in total. The molecule has 33 heavy (non-hydrogen) atoms. The van der Waals surface area contributed by atoms with Gasteiger partial charge in [0.1, 0.15) is 0 Å². The Balaban J connectivity index is 1.30. The summed E-state index contributed by atoms with van der Waals surface area (Å²) in [4.78, 5) is 15.4. The van der Waals surface area contributed by atoms with Crippen molar-refractivity contribution in [1.82, 2.24) is 0 Å². The van der Waals surface area contributed by atoms with Crippen LogP contribution in [0.1, 0.15) is 68.2 Å². The summed E-state index contributed by atoms with van der Waals surface area (Å²) in [6.45, 7) is 4.80. The lowest BCUT2D eigenvalue weighted by Gasteiger charge is -2.36. The number of hydrogen-bond donors (Lipinski definition) is 2. The summed E-state index contributed by atoms with van der Waals surface area (Å²) in [6, 6.07) is 11.6. The number of phenols is 1. The van der Waals surface area contributed by atoms with Crippen LogP contribution >= 0.6 is 0 Å². The Morgan fingerprint density at radius 2 is 1.70 bits per heavy atom. The molecule has 0 saturated carbocycles. The van der Waals surface area contributed by atoms with Gasteiger partial charge in [-0.1, -0.05) is 13.8 Å². The summed E-state index contributed by atoms with van der Waals surface area (Å²) in [7, 11) is 0. The molecule has 176 valence electrons. The molecule has 0 aromatic heterocycles. The lowest BCUT2D eigenvalue weighted by atomic mass is 9.95. The van der Waals surface area contributed by atoms with Crippen molar-refractivity contribution in [2.75, 3.05) is 23.4 Å². The number of ether oxygens (including phenoxy) is 2. The van der Waals surface area contributed by atoms with Crippen molar-refractivity contribution in [3.05, 3.63) is 53.3 Å². The summed E-state index contributed by atoms with van der Waals surface area (Å²) in [5, 5.41) is 13.0. The third-order valence-corrected chi connectivity index (χ3v) is 6.98. The molecule has 2 N–H and O–H groups in total. The first-order chi connectivity index (χ1) is 15.8. The average Bonchev–Trinajstić information content (AvgIpc) is 3.04. The molecular formula is C26H31FN2O4. The van der Waals surface area contributed by atoms with E-state index in [1.54, 1.807) is 0 Å². The maximum absolute atomic E-state index is 14.4. The lowest BCUT2D eigenvalue weighted by Crippen LogP contribution is -2.39. The van der Waals surface area contributed by atoms with E-state index in [0.717, 1.165) is 6.07 Å². The number of benzene rings is 2. The number of aromatic hydroxyl groups is 1. The van der Waals surface area contributed by atoms with Crippen LogP contribution in [0.3, 0.4) is 0 Å². The van der Waals surface area contributed by atoms with Gasteiger partial charge in [-0.3, -0.25) is 4.79 Å². The van der Waals surface area contributed by atoms with Gasteiger partial charge >= 0.3 is 0 Å². The molecule has 1 amide bonds. The highest BCUT2D eigenvalue weighted by Gasteiger charge is 2.36. The Bertz CT molecular complexity index is 1010. The predicted octanol–water partition coefficient (Wildman–Crippen LogP) is 5.38. The van der Waals surface area contributed by atoms with Gasteiger partial charge < -0.3 is 24.8 Å². The fourth-order valence-corrected chi connectivity index (χ4v) is 5.26.